The third kappa shape index (κ3) is 5.98. The fraction of sp³-hybridized carbons (Fsp3) is 0.273. The molecule has 0 unspecified atom stereocenters. The van der Waals surface area contributed by atoms with Crippen LogP contribution in [0, 0.1) is 5.82 Å². The number of aliphatic hydroxyl groups is 1. The van der Waals surface area contributed by atoms with E-state index in [1.54, 1.807) is 24.4 Å². The van der Waals surface area contributed by atoms with Gasteiger partial charge < -0.3 is 25.2 Å². The summed E-state index contributed by atoms with van der Waals surface area (Å²) in [5, 5.41) is 29.6. The minimum Gasteiger partial charge on any atom is -0.484 e. The number of hydrogen-bond donors (Lipinski definition) is 5. The summed E-state index contributed by atoms with van der Waals surface area (Å²) in [5.74, 6) is -0.605. The molecule has 11 nitrogen and oxygen atoms in total. The van der Waals surface area contributed by atoms with E-state index < -0.39 is 17.8 Å². The quantitative estimate of drug-likeness (QED) is 0.219. The molecule has 178 valence electrons. The van der Waals surface area contributed by atoms with Crippen molar-refractivity contribution in [2.24, 2.45) is 0 Å². The largest absolute Gasteiger partial charge is 0.484 e. The van der Waals surface area contributed by atoms with Gasteiger partial charge in [-0.1, -0.05) is 0 Å². The van der Waals surface area contributed by atoms with Gasteiger partial charge in [0.05, 0.1) is 34.9 Å². The molecule has 2 heterocycles. The summed E-state index contributed by atoms with van der Waals surface area (Å²) in [4.78, 5) is 23.9. The smallest absolute Gasteiger partial charge is 0.258 e. The number of nitrogens with zero attached hydrogens (tertiary/aromatic N) is 2. The van der Waals surface area contributed by atoms with Crippen LogP contribution in [0.5, 0.6) is 11.5 Å². The van der Waals surface area contributed by atoms with E-state index in [2.05, 4.69) is 31.0 Å². The molecule has 0 saturated heterocycles. The molecule has 1 atom stereocenters. The first-order chi connectivity index (χ1) is 16.5. The van der Waals surface area contributed by atoms with Crippen LogP contribution in [0.15, 0.2) is 42.7 Å². The highest BCUT2D eigenvalue weighted by Gasteiger charge is 2.11. The fourth-order valence-electron chi connectivity index (χ4n) is 3.18. The van der Waals surface area contributed by atoms with Gasteiger partial charge >= 0.3 is 0 Å². The summed E-state index contributed by atoms with van der Waals surface area (Å²) < 4.78 is 24.6. The molecule has 0 aliphatic rings. The summed E-state index contributed by atoms with van der Waals surface area (Å²) in [6, 6.07) is 8.02. The lowest BCUT2D eigenvalue weighted by Crippen LogP contribution is -2.37. The maximum absolute atomic E-state index is 13.9. The Hall–Kier alpha value is -4.19. The van der Waals surface area contributed by atoms with Gasteiger partial charge in [-0.05, 0) is 18.6 Å². The van der Waals surface area contributed by atoms with E-state index in [9.17, 15) is 19.1 Å². The van der Waals surface area contributed by atoms with Crippen LogP contribution in [-0.2, 0) is 9.59 Å². The first kappa shape index (κ1) is 23.0. The second kappa shape index (κ2) is 10.6. The predicted octanol–water partition coefficient (Wildman–Crippen LogP) is 1.02. The average Bonchev–Trinajstić information content (AvgIpc) is 3.49. The molecule has 0 fully saturated rings. The SMILES string of the molecule is O=C(COc1cc(F)c2cn[nH]c2c1)NCC[C@H](O)CNC(=O)COc1ccc2cn[nH]c2c1. The molecular weight excluding hydrogens is 447 g/mol. The molecule has 5 N–H and O–H groups in total. The van der Waals surface area contributed by atoms with Gasteiger partial charge in [-0.2, -0.15) is 10.2 Å². The minimum atomic E-state index is -0.858. The van der Waals surface area contributed by atoms with Gasteiger partial charge in [-0.3, -0.25) is 19.8 Å². The summed E-state index contributed by atoms with van der Waals surface area (Å²) in [6.07, 6.45) is 2.41. The van der Waals surface area contributed by atoms with Gasteiger partial charge in [0, 0.05) is 36.7 Å². The zero-order chi connectivity index (χ0) is 23.9. The first-order valence-corrected chi connectivity index (χ1v) is 10.5. The van der Waals surface area contributed by atoms with E-state index in [-0.39, 0.29) is 44.4 Å². The number of aliphatic hydroxyl groups excluding tert-OH is 1. The molecule has 4 aromatic rings. The van der Waals surface area contributed by atoms with Crippen molar-refractivity contribution in [3.05, 3.63) is 48.5 Å². The third-order valence-corrected chi connectivity index (χ3v) is 4.97. The van der Waals surface area contributed by atoms with Crippen LogP contribution in [0.1, 0.15) is 6.42 Å². The molecule has 0 bridgehead atoms. The fourth-order valence-corrected chi connectivity index (χ4v) is 3.18. The number of nitrogens with one attached hydrogen (secondary N) is 4. The highest BCUT2D eigenvalue weighted by Crippen LogP contribution is 2.22. The maximum Gasteiger partial charge on any atom is 0.258 e. The van der Waals surface area contributed by atoms with Gasteiger partial charge in [0.15, 0.2) is 13.2 Å². The second-order valence-electron chi connectivity index (χ2n) is 7.53. The van der Waals surface area contributed by atoms with Gasteiger partial charge in [-0.25, -0.2) is 4.39 Å². The molecule has 12 heteroatoms. The van der Waals surface area contributed by atoms with Crippen molar-refractivity contribution in [2.75, 3.05) is 26.3 Å². The summed E-state index contributed by atoms with van der Waals surface area (Å²) in [5.41, 5.74) is 1.26. The number of aromatic amines is 2. The Morgan fingerprint density at radius 3 is 2.53 bits per heavy atom. The Bertz CT molecular complexity index is 1290. The summed E-state index contributed by atoms with van der Waals surface area (Å²) in [7, 11) is 0. The van der Waals surface area contributed by atoms with Crippen LogP contribution in [-0.4, -0.2) is 69.7 Å². The van der Waals surface area contributed by atoms with Crippen molar-refractivity contribution < 1.29 is 28.6 Å². The van der Waals surface area contributed by atoms with Crippen LogP contribution >= 0.6 is 0 Å². The Labute approximate surface area is 192 Å². The number of benzene rings is 2. The molecule has 34 heavy (non-hydrogen) atoms. The number of fused-ring (bicyclic) bond motifs is 2. The van der Waals surface area contributed by atoms with Crippen LogP contribution in [0.25, 0.3) is 21.8 Å². The van der Waals surface area contributed by atoms with Crippen molar-refractivity contribution in [3.8, 4) is 11.5 Å². The summed E-state index contributed by atoms with van der Waals surface area (Å²) in [6.45, 7) is -0.329. The number of ether oxygens (including phenoxy) is 2. The van der Waals surface area contributed by atoms with E-state index >= 15 is 0 Å². The van der Waals surface area contributed by atoms with Gasteiger partial charge in [0.1, 0.15) is 17.3 Å². The van der Waals surface area contributed by atoms with E-state index in [1.807, 2.05) is 6.07 Å². The van der Waals surface area contributed by atoms with E-state index in [0.717, 1.165) is 10.9 Å². The molecule has 0 saturated carbocycles. The van der Waals surface area contributed by atoms with Gasteiger partial charge in [-0.15, -0.1) is 0 Å². The molecule has 0 spiro atoms. The number of carbonyl (C=O) groups is 2. The Morgan fingerprint density at radius 2 is 1.68 bits per heavy atom. The molecule has 0 aliphatic heterocycles. The highest BCUT2D eigenvalue weighted by atomic mass is 19.1. The van der Waals surface area contributed by atoms with Gasteiger partial charge in [0.25, 0.3) is 11.8 Å². The Balaban J connectivity index is 1.09. The predicted molar refractivity (Wildman–Crippen MR) is 120 cm³/mol. The number of rotatable bonds is 11. The Morgan fingerprint density at radius 1 is 0.971 bits per heavy atom. The van der Waals surface area contributed by atoms with Crippen molar-refractivity contribution in [2.45, 2.75) is 12.5 Å². The lowest BCUT2D eigenvalue weighted by Gasteiger charge is -2.13. The second-order valence-corrected chi connectivity index (χ2v) is 7.53. The molecule has 0 aliphatic carbocycles. The van der Waals surface area contributed by atoms with Crippen LogP contribution in [0.4, 0.5) is 4.39 Å². The number of aromatic nitrogens is 4. The van der Waals surface area contributed by atoms with Gasteiger partial charge in [0.2, 0.25) is 0 Å². The van der Waals surface area contributed by atoms with E-state index in [1.165, 1.54) is 12.3 Å². The monoisotopic (exact) mass is 470 g/mol. The molecule has 2 aromatic carbocycles. The molecule has 4 rings (SSSR count). The van der Waals surface area contributed by atoms with Crippen molar-refractivity contribution >= 4 is 33.6 Å². The van der Waals surface area contributed by atoms with Crippen molar-refractivity contribution in [1.29, 1.82) is 0 Å². The van der Waals surface area contributed by atoms with Crippen LogP contribution < -0.4 is 20.1 Å². The summed E-state index contributed by atoms with van der Waals surface area (Å²) >= 11 is 0. The maximum atomic E-state index is 13.9. The molecular formula is C22H23FN6O5. The van der Waals surface area contributed by atoms with Crippen molar-refractivity contribution in [1.82, 2.24) is 31.0 Å². The molecule has 2 amide bonds. The Kier molecular flexibility index (Phi) is 7.18. The number of carbonyl (C=O) groups excluding carboxylic acids is 2. The number of hydrogen-bond acceptors (Lipinski definition) is 7. The van der Waals surface area contributed by atoms with Crippen molar-refractivity contribution in [3.63, 3.8) is 0 Å². The normalized spacial score (nSPS) is 11.9. The number of H-pyrrole nitrogens is 2. The molecule has 2 aromatic heterocycles. The first-order valence-electron chi connectivity index (χ1n) is 10.5. The van der Waals surface area contributed by atoms with E-state index in [0.29, 0.717) is 16.7 Å². The highest BCUT2D eigenvalue weighted by molar-refractivity contribution is 5.81. The number of halogens is 1. The van der Waals surface area contributed by atoms with E-state index in [4.69, 9.17) is 9.47 Å². The average molecular weight is 470 g/mol. The number of amides is 2. The molecule has 0 radical (unpaired) electrons. The minimum absolute atomic E-state index is 0.0115. The van der Waals surface area contributed by atoms with Crippen LogP contribution in [0.2, 0.25) is 0 Å². The third-order valence-electron chi connectivity index (χ3n) is 4.97. The standard InChI is InChI=1S/C22H23FN6O5/c23-18-5-16(7-20-17(18)10-27-29-20)34-11-21(31)24-4-3-14(30)9-25-22(32)12-33-15-2-1-13-8-26-28-19(13)6-15/h1-2,5-8,10,14,30H,3-4,9,11-12H2,(H,24,31)(H,25,32)(H,26,28)(H,27,29)/t14-/m0/s1. The van der Waals surface area contributed by atoms with Crippen LogP contribution in [0.3, 0.4) is 0 Å². The topological polar surface area (TPSA) is 154 Å². The lowest BCUT2D eigenvalue weighted by molar-refractivity contribution is -0.124. The zero-order valence-electron chi connectivity index (χ0n) is 18.0. The lowest BCUT2D eigenvalue weighted by atomic mass is 10.2. The zero-order valence-corrected chi connectivity index (χ0v) is 18.0.